The van der Waals surface area contributed by atoms with Gasteiger partial charge in [-0.25, -0.2) is 4.98 Å². The van der Waals surface area contributed by atoms with Crippen LogP contribution in [0.5, 0.6) is 0 Å². The van der Waals surface area contributed by atoms with Gasteiger partial charge in [-0.3, -0.25) is 0 Å². The quantitative estimate of drug-likeness (QED) is 0.425. The van der Waals surface area contributed by atoms with Crippen molar-refractivity contribution in [3.05, 3.63) is 54.7 Å². The van der Waals surface area contributed by atoms with Gasteiger partial charge in [0.25, 0.3) is 0 Å². The first-order chi connectivity index (χ1) is 9.90. The Labute approximate surface area is 114 Å². The van der Waals surface area contributed by atoms with Crippen molar-refractivity contribution in [1.29, 1.82) is 0 Å². The van der Waals surface area contributed by atoms with Gasteiger partial charge in [0.2, 0.25) is 0 Å². The van der Waals surface area contributed by atoms with Crippen LogP contribution in [0, 0.1) is 0 Å². The molecule has 5 rings (SSSR count). The number of aromatic nitrogens is 3. The standard InChI is InChI=1S/C17H11N3/c1-2-4-11-10(3-1)5-6-12-13-9-15-14(7-8-18-15)19-17(13)20-16(11)12/h1-9,18H,(H,19,20). The Balaban J connectivity index is 2.07. The molecular weight excluding hydrogens is 246 g/mol. The summed E-state index contributed by atoms with van der Waals surface area (Å²) in [5.74, 6) is 0. The molecule has 0 saturated carbocycles. The lowest BCUT2D eigenvalue weighted by atomic mass is 10.1. The van der Waals surface area contributed by atoms with Crippen molar-refractivity contribution < 1.29 is 0 Å². The third-order valence-corrected chi connectivity index (χ3v) is 3.99. The van der Waals surface area contributed by atoms with E-state index < -0.39 is 0 Å². The first-order valence-corrected chi connectivity index (χ1v) is 6.67. The molecule has 2 N–H and O–H groups in total. The van der Waals surface area contributed by atoms with Crippen molar-refractivity contribution in [1.82, 2.24) is 15.0 Å². The minimum absolute atomic E-state index is 0.948. The highest BCUT2D eigenvalue weighted by molar-refractivity contribution is 6.17. The number of rotatable bonds is 0. The van der Waals surface area contributed by atoms with Gasteiger partial charge in [-0.1, -0.05) is 36.4 Å². The van der Waals surface area contributed by atoms with Crippen molar-refractivity contribution >= 4 is 43.7 Å². The second-order valence-electron chi connectivity index (χ2n) is 5.13. The van der Waals surface area contributed by atoms with Crippen LogP contribution >= 0.6 is 0 Å². The molecule has 0 atom stereocenters. The van der Waals surface area contributed by atoms with Crippen molar-refractivity contribution in [2.45, 2.75) is 0 Å². The third kappa shape index (κ3) is 1.17. The van der Waals surface area contributed by atoms with Crippen LogP contribution in [0.15, 0.2) is 54.7 Å². The van der Waals surface area contributed by atoms with Crippen LogP contribution in [-0.4, -0.2) is 15.0 Å². The van der Waals surface area contributed by atoms with E-state index in [0.29, 0.717) is 0 Å². The maximum absolute atomic E-state index is 4.69. The Morgan fingerprint density at radius 1 is 0.850 bits per heavy atom. The van der Waals surface area contributed by atoms with E-state index in [1.165, 1.54) is 27.1 Å². The Kier molecular flexibility index (Phi) is 1.70. The molecule has 94 valence electrons. The molecule has 0 bridgehead atoms. The molecule has 0 saturated heterocycles. The van der Waals surface area contributed by atoms with Crippen molar-refractivity contribution in [3.63, 3.8) is 0 Å². The van der Waals surface area contributed by atoms with Crippen molar-refractivity contribution in [2.24, 2.45) is 0 Å². The average Bonchev–Trinajstić information content (AvgIpc) is 3.08. The van der Waals surface area contributed by atoms with E-state index in [1.54, 1.807) is 0 Å². The number of hydrogen-bond acceptors (Lipinski definition) is 1. The minimum Gasteiger partial charge on any atom is -0.360 e. The summed E-state index contributed by atoms with van der Waals surface area (Å²) >= 11 is 0. The van der Waals surface area contributed by atoms with Gasteiger partial charge in [-0.15, -0.1) is 0 Å². The average molecular weight is 257 g/mol. The monoisotopic (exact) mass is 257 g/mol. The number of hydrogen-bond donors (Lipinski definition) is 2. The zero-order chi connectivity index (χ0) is 13.1. The molecule has 5 aromatic rings. The molecule has 0 spiro atoms. The Morgan fingerprint density at radius 3 is 2.80 bits per heavy atom. The van der Waals surface area contributed by atoms with Crippen LogP contribution in [0.4, 0.5) is 0 Å². The van der Waals surface area contributed by atoms with Crippen molar-refractivity contribution in [3.8, 4) is 0 Å². The molecule has 2 aromatic carbocycles. The zero-order valence-corrected chi connectivity index (χ0v) is 10.6. The maximum atomic E-state index is 4.69. The Hall–Kier alpha value is -2.81. The summed E-state index contributed by atoms with van der Waals surface area (Å²) in [5.41, 5.74) is 4.18. The smallest absolute Gasteiger partial charge is 0.139 e. The van der Waals surface area contributed by atoms with Crippen LogP contribution in [0.25, 0.3) is 43.7 Å². The summed E-state index contributed by atoms with van der Waals surface area (Å²) in [6.45, 7) is 0. The van der Waals surface area contributed by atoms with E-state index >= 15 is 0 Å². The molecule has 0 aliphatic heterocycles. The van der Waals surface area contributed by atoms with Gasteiger partial charge in [0.05, 0.1) is 16.6 Å². The van der Waals surface area contributed by atoms with Crippen LogP contribution in [0.3, 0.4) is 0 Å². The van der Waals surface area contributed by atoms with Crippen LogP contribution in [0.1, 0.15) is 0 Å². The number of aromatic amines is 2. The summed E-state index contributed by atoms with van der Waals surface area (Å²) in [6, 6.07) is 16.9. The lowest BCUT2D eigenvalue weighted by Gasteiger charge is -1.98. The molecular formula is C17H11N3. The highest BCUT2D eigenvalue weighted by atomic mass is 14.9. The van der Waals surface area contributed by atoms with E-state index in [4.69, 9.17) is 4.98 Å². The largest absolute Gasteiger partial charge is 0.360 e. The van der Waals surface area contributed by atoms with Gasteiger partial charge in [0.15, 0.2) is 0 Å². The van der Waals surface area contributed by atoms with Gasteiger partial charge in [0.1, 0.15) is 5.65 Å². The number of nitrogens with zero attached hydrogens (tertiary/aromatic N) is 1. The summed E-state index contributed by atoms with van der Waals surface area (Å²) in [4.78, 5) is 11.4. The Bertz CT molecular complexity index is 1100. The Morgan fingerprint density at radius 2 is 1.80 bits per heavy atom. The summed E-state index contributed by atoms with van der Waals surface area (Å²) in [6.07, 6.45) is 1.92. The highest BCUT2D eigenvalue weighted by Gasteiger charge is 2.09. The maximum Gasteiger partial charge on any atom is 0.139 e. The summed E-state index contributed by atoms with van der Waals surface area (Å²) in [5, 5.41) is 4.88. The predicted molar refractivity (Wildman–Crippen MR) is 83.0 cm³/mol. The van der Waals surface area contributed by atoms with E-state index in [-0.39, 0.29) is 0 Å². The minimum atomic E-state index is 0.948. The lowest BCUT2D eigenvalue weighted by molar-refractivity contribution is 1.41. The van der Waals surface area contributed by atoms with Gasteiger partial charge in [-0.05, 0) is 17.5 Å². The van der Waals surface area contributed by atoms with Gasteiger partial charge >= 0.3 is 0 Å². The van der Waals surface area contributed by atoms with Gasteiger partial charge in [-0.2, -0.15) is 0 Å². The number of pyridine rings is 1. The fourth-order valence-corrected chi connectivity index (χ4v) is 3.03. The van der Waals surface area contributed by atoms with Gasteiger partial charge < -0.3 is 9.97 Å². The van der Waals surface area contributed by atoms with E-state index in [0.717, 1.165) is 16.7 Å². The molecule has 20 heavy (non-hydrogen) atoms. The van der Waals surface area contributed by atoms with Crippen LogP contribution < -0.4 is 0 Å². The SMILES string of the molecule is c1ccc2c(c1)ccc1c3cc4[nH]ccc4nc3[nH]c21. The number of fused-ring (bicyclic) bond motifs is 6. The molecule has 0 amide bonds. The second-order valence-corrected chi connectivity index (χ2v) is 5.13. The topological polar surface area (TPSA) is 44.5 Å². The number of benzene rings is 2. The lowest BCUT2D eigenvalue weighted by Crippen LogP contribution is -1.76. The molecule has 0 aliphatic rings. The second kappa shape index (κ2) is 3.39. The number of H-pyrrole nitrogens is 2. The summed E-state index contributed by atoms with van der Waals surface area (Å²) in [7, 11) is 0. The molecule has 3 aromatic heterocycles. The first-order valence-electron chi connectivity index (χ1n) is 6.67. The molecule has 0 unspecified atom stereocenters. The molecule has 3 heteroatoms. The van der Waals surface area contributed by atoms with E-state index in [1.807, 2.05) is 12.3 Å². The zero-order valence-electron chi connectivity index (χ0n) is 10.6. The van der Waals surface area contributed by atoms with Crippen LogP contribution in [-0.2, 0) is 0 Å². The molecule has 0 radical (unpaired) electrons. The molecule has 0 aliphatic carbocycles. The van der Waals surface area contributed by atoms with E-state index in [9.17, 15) is 0 Å². The van der Waals surface area contributed by atoms with Crippen LogP contribution in [0.2, 0.25) is 0 Å². The fraction of sp³-hybridized carbons (Fsp3) is 0. The molecule has 0 fully saturated rings. The molecule has 3 nitrogen and oxygen atoms in total. The van der Waals surface area contributed by atoms with Gasteiger partial charge in [0, 0.05) is 22.4 Å². The first kappa shape index (κ1) is 10.0. The van der Waals surface area contributed by atoms with Crippen molar-refractivity contribution in [2.75, 3.05) is 0 Å². The molecule has 3 heterocycles. The summed E-state index contributed by atoms with van der Waals surface area (Å²) < 4.78 is 0. The predicted octanol–water partition coefficient (Wildman–Crippen LogP) is 4.35. The third-order valence-electron chi connectivity index (χ3n) is 3.99. The normalized spacial score (nSPS) is 12.0. The van der Waals surface area contributed by atoms with E-state index in [2.05, 4.69) is 52.4 Å². The highest BCUT2D eigenvalue weighted by Crippen LogP contribution is 2.31. The fourth-order valence-electron chi connectivity index (χ4n) is 3.03. The number of nitrogens with one attached hydrogen (secondary N) is 2.